The van der Waals surface area contributed by atoms with Crippen LogP contribution in [0.1, 0.15) is 13.8 Å². The Morgan fingerprint density at radius 3 is 2.62 bits per heavy atom. The molecule has 0 bridgehead atoms. The van der Waals surface area contributed by atoms with E-state index in [1.54, 1.807) is 0 Å². The van der Waals surface area contributed by atoms with Crippen molar-refractivity contribution in [3.63, 3.8) is 0 Å². The van der Waals surface area contributed by atoms with Crippen molar-refractivity contribution < 1.29 is 9.18 Å². The van der Waals surface area contributed by atoms with Crippen LogP contribution in [0.5, 0.6) is 0 Å². The standard InChI is InChI=1S/C11H12BrClFNO/c1-6(2)9(12)11(16)15-10-7(13)4-3-5-8(10)14/h3-6,9H,1-2H3,(H,15,16). The number of hydrogen-bond acceptors (Lipinski definition) is 1. The van der Waals surface area contributed by atoms with Gasteiger partial charge in [0, 0.05) is 0 Å². The first kappa shape index (κ1) is 13.5. The number of halogens is 3. The van der Waals surface area contributed by atoms with Crippen LogP contribution in [-0.2, 0) is 4.79 Å². The van der Waals surface area contributed by atoms with E-state index in [-0.39, 0.29) is 27.4 Å². The van der Waals surface area contributed by atoms with Crippen LogP contribution in [0.25, 0.3) is 0 Å². The molecule has 1 unspecified atom stereocenters. The number of amides is 1. The lowest BCUT2D eigenvalue weighted by atomic mass is 10.1. The third-order valence-corrected chi connectivity index (χ3v) is 3.83. The maximum atomic E-state index is 13.4. The smallest absolute Gasteiger partial charge is 0.238 e. The van der Waals surface area contributed by atoms with Crippen molar-refractivity contribution in [1.82, 2.24) is 0 Å². The molecule has 1 aromatic carbocycles. The summed E-state index contributed by atoms with van der Waals surface area (Å²) in [4.78, 5) is 11.3. The first-order chi connectivity index (χ1) is 7.43. The lowest BCUT2D eigenvalue weighted by Crippen LogP contribution is -2.27. The summed E-state index contributed by atoms with van der Waals surface area (Å²) in [5.74, 6) is -0.725. The predicted octanol–water partition coefficient (Wildman–Crippen LogP) is 3.84. The van der Waals surface area contributed by atoms with Crippen LogP contribution in [0.15, 0.2) is 18.2 Å². The average molecular weight is 309 g/mol. The van der Waals surface area contributed by atoms with E-state index in [0.717, 1.165) is 0 Å². The van der Waals surface area contributed by atoms with E-state index in [4.69, 9.17) is 11.6 Å². The Kier molecular flexibility index (Phi) is 4.74. The van der Waals surface area contributed by atoms with Gasteiger partial charge in [0.25, 0.3) is 0 Å². The van der Waals surface area contributed by atoms with E-state index >= 15 is 0 Å². The third kappa shape index (κ3) is 3.19. The SMILES string of the molecule is CC(C)C(Br)C(=O)Nc1c(F)cccc1Cl. The van der Waals surface area contributed by atoms with Crippen molar-refractivity contribution in [2.75, 3.05) is 5.32 Å². The maximum Gasteiger partial charge on any atom is 0.238 e. The fraction of sp³-hybridized carbons (Fsp3) is 0.364. The first-order valence-electron chi connectivity index (χ1n) is 4.82. The van der Waals surface area contributed by atoms with Gasteiger partial charge in [0.15, 0.2) is 0 Å². The zero-order valence-corrected chi connectivity index (χ0v) is 11.3. The van der Waals surface area contributed by atoms with Gasteiger partial charge in [-0.3, -0.25) is 4.79 Å². The molecule has 0 aliphatic carbocycles. The first-order valence-corrected chi connectivity index (χ1v) is 6.11. The molecule has 0 aliphatic heterocycles. The van der Waals surface area contributed by atoms with Gasteiger partial charge in [-0.2, -0.15) is 0 Å². The number of carbonyl (C=O) groups excluding carboxylic acids is 1. The minimum absolute atomic E-state index is 0.0271. The lowest BCUT2D eigenvalue weighted by Gasteiger charge is -2.14. The summed E-state index contributed by atoms with van der Waals surface area (Å²) in [6.07, 6.45) is 0. The molecule has 1 atom stereocenters. The molecular weight excluding hydrogens is 296 g/mol. The molecule has 0 fully saturated rings. The van der Waals surface area contributed by atoms with Gasteiger partial charge in [-0.1, -0.05) is 47.4 Å². The predicted molar refractivity (Wildman–Crippen MR) is 67.6 cm³/mol. The molecule has 0 heterocycles. The molecule has 1 N–H and O–H groups in total. The molecule has 1 aromatic rings. The molecule has 0 aromatic heterocycles. The van der Waals surface area contributed by atoms with Gasteiger partial charge in [-0.15, -0.1) is 0 Å². The monoisotopic (exact) mass is 307 g/mol. The summed E-state index contributed by atoms with van der Waals surface area (Å²) in [7, 11) is 0. The lowest BCUT2D eigenvalue weighted by molar-refractivity contribution is -0.116. The number of para-hydroxylation sites is 1. The molecule has 0 radical (unpaired) electrons. The van der Waals surface area contributed by atoms with E-state index < -0.39 is 5.82 Å². The van der Waals surface area contributed by atoms with Gasteiger partial charge >= 0.3 is 0 Å². The maximum absolute atomic E-state index is 13.4. The average Bonchev–Trinajstić information content (AvgIpc) is 2.22. The molecule has 1 rings (SSSR count). The van der Waals surface area contributed by atoms with Gasteiger partial charge in [0.1, 0.15) is 5.82 Å². The summed E-state index contributed by atoms with van der Waals surface area (Å²) in [6.45, 7) is 3.78. The van der Waals surface area contributed by atoms with Gasteiger partial charge in [0.2, 0.25) is 5.91 Å². The van der Waals surface area contributed by atoms with Gasteiger partial charge < -0.3 is 5.32 Å². The summed E-state index contributed by atoms with van der Waals surface area (Å²) >= 11 is 9.02. The second-order valence-electron chi connectivity index (χ2n) is 3.73. The molecule has 0 aliphatic rings. The van der Waals surface area contributed by atoms with E-state index in [9.17, 15) is 9.18 Å². The topological polar surface area (TPSA) is 29.1 Å². The zero-order chi connectivity index (χ0) is 12.3. The molecule has 0 saturated heterocycles. The quantitative estimate of drug-likeness (QED) is 0.845. The van der Waals surface area contributed by atoms with Crippen molar-refractivity contribution in [3.05, 3.63) is 29.0 Å². The molecule has 2 nitrogen and oxygen atoms in total. The van der Waals surface area contributed by atoms with Crippen LogP contribution in [0.2, 0.25) is 5.02 Å². The van der Waals surface area contributed by atoms with Crippen LogP contribution in [0, 0.1) is 11.7 Å². The molecule has 5 heteroatoms. The fourth-order valence-corrected chi connectivity index (χ4v) is 1.44. The Labute approximate surface area is 107 Å². The molecule has 1 amide bonds. The number of benzene rings is 1. The number of rotatable bonds is 3. The largest absolute Gasteiger partial charge is 0.321 e. The number of anilines is 1. The number of hydrogen-bond donors (Lipinski definition) is 1. The van der Waals surface area contributed by atoms with E-state index in [0.29, 0.717) is 0 Å². The third-order valence-electron chi connectivity index (χ3n) is 2.05. The van der Waals surface area contributed by atoms with Crippen LogP contribution in [-0.4, -0.2) is 10.7 Å². The van der Waals surface area contributed by atoms with Crippen molar-refractivity contribution in [2.45, 2.75) is 18.7 Å². The summed E-state index contributed by atoms with van der Waals surface area (Å²) in [5, 5.41) is 2.66. The van der Waals surface area contributed by atoms with Crippen LogP contribution < -0.4 is 5.32 Å². The highest BCUT2D eigenvalue weighted by Gasteiger charge is 2.20. The van der Waals surface area contributed by atoms with Crippen molar-refractivity contribution in [3.8, 4) is 0 Å². The van der Waals surface area contributed by atoms with E-state index in [2.05, 4.69) is 21.2 Å². The van der Waals surface area contributed by atoms with Crippen LogP contribution in [0.4, 0.5) is 10.1 Å². The highest BCUT2D eigenvalue weighted by molar-refractivity contribution is 9.10. The Balaban J connectivity index is 2.85. The van der Waals surface area contributed by atoms with E-state index in [1.165, 1.54) is 18.2 Å². The Hall–Kier alpha value is -0.610. The summed E-state index contributed by atoms with van der Waals surface area (Å²) in [5.41, 5.74) is 0.0271. The van der Waals surface area contributed by atoms with Crippen LogP contribution in [0.3, 0.4) is 0 Å². The van der Waals surface area contributed by atoms with Crippen LogP contribution >= 0.6 is 27.5 Å². The van der Waals surface area contributed by atoms with Gasteiger partial charge in [-0.05, 0) is 18.1 Å². The van der Waals surface area contributed by atoms with E-state index in [1.807, 2.05) is 13.8 Å². The Morgan fingerprint density at radius 1 is 1.50 bits per heavy atom. The molecule has 0 spiro atoms. The second-order valence-corrected chi connectivity index (χ2v) is 5.13. The number of carbonyl (C=O) groups is 1. The highest BCUT2D eigenvalue weighted by Crippen LogP contribution is 2.25. The van der Waals surface area contributed by atoms with Crippen molar-refractivity contribution in [1.29, 1.82) is 0 Å². The Bertz CT molecular complexity index is 377. The summed E-state index contributed by atoms with van der Waals surface area (Å²) < 4.78 is 13.4. The van der Waals surface area contributed by atoms with Gasteiger partial charge in [-0.25, -0.2) is 4.39 Å². The fourth-order valence-electron chi connectivity index (χ4n) is 1.11. The highest BCUT2D eigenvalue weighted by atomic mass is 79.9. The normalized spacial score (nSPS) is 12.6. The number of nitrogens with one attached hydrogen (secondary N) is 1. The summed E-state index contributed by atoms with van der Waals surface area (Å²) in [6, 6.07) is 4.26. The Morgan fingerprint density at radius 2 is 2.12 bits per heavy atom. The minimum atomic E-state index is -0.538. The zero-order valence-electron chi connectivity index (χ0n) is 8.93. The van der Waals surface area contributed by atoms with Crippen molar-refractivity contribution >= 4 is 39.1 Å². The number of alkyl halides is 1. The molecule has 16 heavy (non-hydrogen) atoms. The van der Waals surface area contributed by atoms with Crippen molar-refractivity contribution in [2.24, 2.45) is 5.92 Å². The molecule has 0 saturated carbocycles. The molecular formula is C11H12BrClFNO. The minimum Gasteiger partial charge on any atom is -0.321 e. The van der Waals surface area contributed by atoms with Gasteiger partial charge in [0.05, 0.1) is 15.5 Å². The second kappa shape index (κ2) is 5.64. The molecule has 88 valence electrons.